The maximum atomic E-state index is 10.2. The van der Waals surface area contributed by atoms with Crippen LogP contribution in [0.4, 0.5) is 5.95 Å². The lowest BCUT2D eigenvalue weighted by atomic mass is 10.1. The molecule has 1 saturated heterocycles. The summed E-state index contributed by atoms with van der Waals surface area (Å²) in [6.45, 7) is 10.9. The van der Waals surface area contributed by atoms with E-state index >= 15 is 0 Å². The first-order valence-corrected chi connectivity index (χ1v) is 9.06. The van der Waals surface area contributed by atoms with Crippen molar-refractivity contribution >= 4 is 5.95 Å². The number of β-amino-alcohol motifs (C(OH)–C–C–N with tert-alkyl or cyclic N) is 1. The molecule has 5 heteroatoms. The third-order valence-electron chi connectivity index (χ3n) is 4.49. The largest absolute Gasteiger partial charge is 0.392 e. The molecular formula is C18H32N4O. The Morgan fingerprint density at radius 3 is 2.30 bits per heavy atom. The highest BCUT2D eigenvalue weighted by Crippen LogP contribution is 2.14. The summed E-state index contributed by atoms with van der Waals surface area (Å²) in [4.78, 5) is 13.7. The summed E-state index contributed by atoms with van der Waals surface area (Å²) in [5.74, 6) is 0.849. The summed E-state index contributed by atoms with van der Waals surface area (Å²) in [5, 5.41) is 10.2. The molecule has 0 radical (unpaired) electrons. The highest BCUT2D eigenvalue weighted by molar-refractivity contribution is 5.32. The van der Waals surface area contributed by atoms with Crippen molar-refractivity contribution in [1.29, 1.82) is 0 Å². The van der Waals surface area contributed by atoms with E-state index in [4.69, 9.17) is 0 Å². The van der Waals surface area contributed by atoms with Gasteiger partial charge in [0.05, 0.1) is 6.10 Å². The van der Waals surface area contributed by atoms with Gasteiger partial charge in [0.2, 0.25) is 5.95 Å². The molecule has 1 N–H and O–H groups in total. The number of aliphatic hydroxyl groups excluding tert-OH is 1. The zero-order valence-corrected chi connectivity index (χ0v) is 15.0. The first-order chi connectivity index (χ1) is 11.1. The molecule has 130 valence electrons. The van der Waals surface area contributed by atoms with Crippen LogP contribution in [0.3, 0.4) is 0 Å². The van der Waals surface area contributed by atoms with Crippen molar-refractivity contribution < 1.29 is 5.11 Å². The lowest BCUT2D eigenvalue weighted by Gasteiger charge is -2.35. The summed E-state index contributed by atoms with van der Waals surface area (Å²) >= 11 is 0. The molecule has 0 aliphatic carbocycles. The number of aliphatic hydroxyl groups is 1. The van der Waals surface area contributed by atoms with E-state index < -0.39 is 0 Å². The van der Waals surface area contributed by atoms with Gasteiger partial charge in [0.15, 0.2) is 0 Å². The van der Waals surface area contributed by atoms with Crippen LogP contribution < -0.4 is 4.90 Å². The normalized spacial score (nSPS) is 17.5. The van der Waals surface area contributed by atoms with Crippen molar-refractivity contribution in [3.8, 4) is 0 Å². The van der Waals surface area contributed by atoms with Gasteiger partial charge in [0.1, 0.15) is 0 Å². The van der Waals surface area contributed by atoms with Crippen LogP contribution in [-0.2, 0) is 0 Å². The molecule has 23 heavy (non-hydrogen) atoms. The van der Waals surface area contributed by atoms with Gasteiger partial charge in [-0.3, -0.25) is 4.90 Å². The van der Waals surface area contributed by atoms with Crippen LogP contribution in [0.5, 0.6) is 0 Å². The number of aromatic nitrogens is 2. The number of hydrogen-bond acceptors (Lipinski definition) is 5. The molecule has 0 aromatic carbocycles. The standard InChI is InChI=1S/C18H32N4O/c1-4-5-6-7-8-17(23)14-21-9-11-22(12-10-21)18-19-15(2)13-16(3)20-18/h13,17,23H,4-12,14H2,1-3H3/t17-/m0/s1. The Bertz CT molecular complexity index is 452. The molecule has 1 atom stereocenters. The SMILES string of the molecule is CCCCCC[C@H](O)CN1CCN(c2nc(C)cc(C)n2)CC1. The van der Waals surface area contributed by atoms with Crippen LogP contribution in [0, 0.1) is 13.8 Å². The van der Waals surface area contributed by atoms with Crippen molar-refractivity contribution in [2.75, 3.05) is 37.6 Å². The summed E-state index contributed by atoms with van der Waals surface area (Å²) < 4.78 is 0. The van der Waals surface area contributed by atoms with Crippen molar-refractivity contribution in [2.24, 2.45) is 0 Å². The number of rotatable bonds is 8. The third kappa shape index (κ3) is 6.07. The Kier molecular flexibility index (Phi) is 7.24. The highest BCUT2D eigenvalue weighted by atomic mass is 16.3. The second kappa shape index (κ2) is 9.18. The zero-order chi connectivity index (χ0) is 16.7. The number of aryl methyl sites for hydroxylation is 2. The summed E-state index contributed by atoms with van der Waals surface area (Å²) in [6.07, 6.45) is 5.66. The number of unbranched alkanes of at least 4 members (excludes halogenated alkanes) is 3. The van der Waals surface area contributed by atoms with Crippen molar-refractivity contribution in [3.05, 3.63) is 17.5 Å². The molecule has 0 spiro atoms. The van der Waals surface area contributed by atoms with Crippen LogP contribution in [-0.4, -0.2) is 58.8 Å². The van der Waals surface area contributed by atoms with Gasteiger partial charge in [-0.05, 0) is 26.3 Å². The second-order valence-corrected chi connectivity index (χ2v) is 6.74. The quantitative estimate of drug-likeness (QED) is 0.746. The minimum Gasteiger partial charge on any atom is -0.392 e. The van der Waals surface area contributed by atoms with Gasteiger partial charge in [0, 0.05) is 44.1 Å². The van der Waals surface area contributed by atoms with Crippen LogP contribution in [0.25, 0.3) is 0 Å². The predicted molar refractivity (Wildman–Crippen MR) is 94.9 cm³/mol. The van der Waals surface area contributed by atoms with Crippen LogP contribution >= 0.6 is 0 Å². The highest BCUT2D eigenvalue weighted by Gasteiger charge is 2.21. The van der Waals surface area contributed by atoms with E-state index in [1.807, 2.05) is 19.9 Å². The maximum absolute atomic E-state index is 10.2. The Morgan fingerprint density at radius 1 is 1.04 bits per heavy atom. The number of piperazine rings is 1. The van der Waals surface area contributed by atoms with Crippen molar-refractivity contribution in [1.82, 2.24) is 14.9 Å². The topological polar surface area (TPSA) is 52.5 Å². The average Bonchev–Trinajstić information content (AvgIpc) is 2.51. The number of hydrogen-bond donors (Lipinski definition) is 1. The Labute approximate surface area is 140 Å². The summed E-state index contributed by atoms with van der Waals surface area (Å²) in [5.41, 5.74) is 2.05. The van der Waals surface area contributed by atoms with Crippen molar-refractivity contribution in [3.63, 3.8) is 0 Å². The van der Waals surface area contributed by atoms with Crippen LogP contribution in [0.1, 0.15) is 50.4 Å². The minimum absolute atomic E-state index is 0.184. The van der Waals surface area contributed by atoms with E-state index in [-0.39, 0.29) is 6.10 Å². The summed E-state index contributed by atoms with van der Waals surface area (Å²) in [7, 11) is 0. The second-order valence-electron chi connectivity index (χ2n) is 6.74. The van der Waals surface area contributed by atoms with E-state index in [1.54, 1.807) is 0 Å². The smallest absolute Gasteiger partial charge is 0.225 e. The molecule has 1 fully saturated rings. The van der Waals surface area contributed by atoms with Gasteiger partial charge < -0.3 is 10.0 Å². The molecule has 0 amide bonds. The average molecular weight is 320 g/mol. The first kappa shape index (κ1) is 18.1. The fourth-order valence-electron chi connectivity index (χ4n) is 3.18. The van der Waals surface area contributed by atoms with E-state index in [2.05, 4.69) is 26.7 Å². The molecule has 2 rings (SSSR count). The van der Waals surface area contributed by atoms with Crippen LogP contribution in [0.15, 0.2) is 6.07 Å². The lowest BCUT2D eigenvalue weighted by Crippen LogP contribution is -2.49. The number of nitrogens with zero attached hydrogens (tertiary/aromatic N) is 4. The fraction of sp³-hybridized carbons (Fsp3) is 0.778. The Hall–Kier alpha value is -1.20. The van der Waals surface area contributed by atoms with Crippen molar-refractivity contribution in [2.45, 2.75) is 59.0 Å². The molecule has 2 heterocycles. The molecule has 0 unspecified atom stereocenters. The molecule has 0 saturated carbocycles. The lowest BCUT2D eigenvalue weighted by molar-refractivity contribution is 0.0995. The van der Waals surface area contributed by atoms with E-state index in [0.717, 1.165) is 62.9 Å². The molecule has 5 nitrogen and oxygen atoms in total. The Balaban J connectivity index is 1.73. The van der Waals surface area contributed by atoms with Gasteiger partial charge in [0.25, 0.3) is 0 Å². The third-order valence-corrected chi connectivity index (χ3v) is 4.49. The van der Waals surface area contributed by atoms with Gasteiger partial charge in [-0.15, -0.1) is 0 Å². The molecule has 0 bridgehead atoms. The minimum atomic E-state index is -0.184. The fourth-order valence-corrected chi connectivity index (χ4v) is 3.18. The van der Waals surface area contributed by atoms with Crippen LogP contribution in [0.2, 0.25) is 0 Å². The molecule has 1 aromatic rings. The first-order valence-electron chi connectivity index (χ1n) is 9.06. The van der Waals surface area contributed by atoms with Gasteiger partial charge in [-0.25, -0.2) is 9.97 Å². The molecule has 1 aliphatic rings. The molecule has 1 aromatic heterocycles. The van der Waals surface area contributed by atoms with Gasteiger partial charge >= 0.3 is 0 Å². The molecule has 1 aliphatic heterocycles. The number of anilines is 1. The van der Waals surface area contributed by atoms with Gasteiger partial charge in [-0.1, -0.05) is 32.6 Å². The summed E-state index contributed by atoms with van der Waals surface area (Å²) in [6, 6.07) is 2.01. The van der Waals surface area contributed by atoms with E-state index in [1.165, 1.54) is 19.3 Å². The van der Waals surface area contributed by atoms with Gasteiger partial charge in [-0.2, -0.15) is 0 Å². The monoisotopic (exact) mass is 320 g/mol. The zero-order valence-electron chi connectivity index (χ0n) is 15.0. The van der Waals surface area contributed by atoms with E-state index in [9.17, 15) is 5.11 Å². The Morgan fingerprint density at radius 2 is 1.70 bits per heavy atom. The molecular weight excluding hydrogens is 288 g/mol. The maximum Gasteiger partial charge on any atom is 0.225 e. The van der Waals surface area contributed by atoms with E-state index in [0.29, 0.717) is 0 Å². The predicted octanol–water partition coefficient (Wildman–Crippen LogP) is 2.55.